The third-order valence-electron chi connectivity index (χ3n) is 3.25. The lowest BCUT2D eigenvalue weighted by molar-refractivity contribution is 0.102. The third kappa shape index (κ3) is 4.43. The molecule has 1 aromatic carbocycles. The Labute approximate surface area is 149 Å². The summed E-state index contributed by atoms with van der Waals surface area (Å²) in [7, 11) is 0. The first-order valence-electron chi connectivity index (χ1n) is 7.27. The second kappa shape index (κ2) is 8.96. The molecule has 2 rings (SSSR count). The van der Waals surface area contributed by atoms with Crippen LogP contribution in [0.4, 0.5) is 10.1 Å². The van der Waals surface area contributed by atoms with E-state index in [0.29, 0.717) is 28.6 Å². The van der Waals surface area contributed by atoms with Crippen LogP contribution in [0.15, 0.2) is 23.2 Å². The van der Waals surface area contributed by atoms with Gasteiger partial charge in [-0.15, -0.1) is 12.4 Å². The number of ketones is 1. The summed E-state index contributed by atoms with van der Waals surface area (Å²) in [5.74, 6) is -0.131. The number of ether oxygens (including phenoxy) is 1. The molecule has 0 aliphatic heterocycles. The fourth-order valence-electron chi connectivity index (χ4n) is 2.20. The number of aliphatic hydroxyl groups excluding tert-OH is 1. The van der Waals surface area contributed by atoms with Crippen LogP contribution in [-0.2, 0) is 6.54 Å². The summed E-state index contributed by atoms with van der Waals surface area (Å²) in [4.78, 5) is 17.0. The number of nitrogens with zero attached hydrogens (tertiary/aromatic N) is 2. The Kier molecular flexibility index (Phi) is 7.59. The minimum Gasteiger partial charge on any atom is -0.494 e. The van der Waals surface area contributed by atoms with E-state index in [2.05, 4.69) is 4.99 Å². The second-order valence-electron chi connectivity index (χ2n) is 4.89. The van der Waals surface area contributed by atoms with Crippen molar-refractivity contribution >= 4 is 35.2 Å². The van der Waals surface area contributed by atoms with Gasteiger partial charge >= 0.3 is 0 Å². The number of aliphatic hydroxyl groups is 1. The van der Waals surface area contributed by atoms with Gasteiger partial charge in [-0.3, -0.25) is 4.79 Å². The van der Waals surface area contributed by atoms with Crippen LogP contribution in [0.1, 0.15) is 29.2 Å². The van der Waals surface area contributed by atoms with Crippen molar-refractivity contribution in [3.05, 3.63) is 39.4 Å². The van der Waals surface area contributed by atoms with Crippen LogP contribution >= 0.6 is 23.7 Å². The number of aromatic nitrogens is 1. The molecule has 0 atom stereocenters. The van der Waals surface area contributed by atoms with E-state index in [1.807, 2.05) is 6.92 Å². The minimum absolute atomic E-state index is 0. The van der Waals surface area contributed by atoms with Crippen LogP contribution in [0, 0.1) is 12.7 Å². The Morgan fingerprint density at radius 2 is 2.17 bits per heavy atom. The topological polar surface area (TPSA) is 63.8 Å². The molecule has 8 heteroatoms. The number of halogens is 2. The van der Waals surface area contributed by atoms with Gasteiger partial charge in [0.25, 0.3) is 0 Å². The van der Waals surface area contributed by atoms with E-state index in [1.54, 1.807) is 17.6 Å². The average molecular weight is 375 g/mol. The molecule has 2 aromatic rings. The summed E-state index contributed by atoms with van der Waals surface area (Å²) in [6.07, 6.45) is 0. The highest BCUT2D eigenvalue weighted by molar-refractivity contribution is 7.11. The number of hydrogen-bond donors (Lipinski definition) is 1. The van der Waals surface area contributed by atoms with Gasteiger partial charge in [0.05, 0.1) is 18.1 Å². The molecule has 0 saturated carbocycles. The first-order valence-corrected chi connectivity index (χ1v) is 8.08. The summed E-state index contributed by atoms with van der Waals surface area (Å²) in [6, 6.07) is 4.46. The normalized spacial score (nSPS) is 11.3. The largest absolute Gasteiger partial charge is 0.494 e. The van der Waals surface area contributed by atoms with E-state index in [0.717, 1.165) is 5.69 Å². The summed E-state index contributed by atoms with van der Waals surface area (Å²) < 4.78 is 21.1. The number of benzene rings is 1. The molecule has 0 radical (unpaired) electrons. The van der Waals surface area contributed by atoms with Crippen molar-refractivity contribution in [1.29, 1.82) is 0 Å². The SMILES string of the molecule is CCOc1ccc(N=c2sc(C(C)=O)c(C)n2CCO)c(F)c1.Cl. The molecule has 1 aromatic heterocycles. The van der Waals surface area contributed by atoms with Crippen molar-refractivity contribution < 1.29 is 19.0 Å². The van der Waals surface area contributed by atoms with Gasteiger partial charge in [0, 0.05) is 25.2 Å². The molecule has 0 unspecified atom stereocenters. The van der Waals surface area contributed by atoms with Gasteiger partial charge in [0.15, 0.2) is 16.4 Å². The molecule has 24 heavy (non-hydrogen) atoms. The lowest BCUT2D eigenvalue weighted by Crippen LogP contribution is -2.18. The molecule has 0 amide bonds. The van der Waals surface area contributed by atoms with E-state index in [9.17, 15) is 14.3 Å². The Bertz CT molecular complexity index is 786. The zero-order valence-corrected chi connectivity index (χ0v) is 15.3. The van der Waals surface area contributed by atoms with Gasteiger partial charge in [0.1, 0.15) is 11.4 Å². The maximum Gasteiger partial charge on any atom is 0.190 e. The summed E-state index contributed by atoms with van der Waals surface area (Å²) >= 11 is 1.19. The highest BCUT2D eigenvalue weighted by Crippen LogP contribution is 2.23. The zero-order valence-electron chi connectivity index (χ0n) is 13.7. The van der Waals surface area contributed by atoms with Gasteiger partial charge in [-0.2, -0.15) is 0 Å². The fourth-order valence-corrected chi connectivity index (χ4v) is 3.26. The van der Waals surface area contributed by atoms with Gasteiger partial charge in [-0.25, -0.2) is 9.38 Å². The summed E-state index contributed by atoms with van der Waals surface area (Å²) in [5.41, 5.74) is 0.887. The monoisotopic (exact) mass is 374 g/mol. The van der Waals surface area contributed by atoms with Crippen molar-refractivity contribution in [2.24, 2.45) is 4.99 Å². The molecule has 0 fully saturated rings. The zero-order chi connectivity index (χ0) is 17.0. The molecule has 132 valence electrons. The predicted octanol–water partition coefficient (Wildman–Crippen LogP) is 3.24. The molecule has 0 aliphatic rings. The van der Waals surface area contributed by atoms with E-state index >= 15 is 0 Å². The molecule has 0 saturated heterocycles. The Morgan fingerprint density at radius 3 is 2.71 bits per heavy atom. The molecule has 5 nitrogen and oxygen atoms in total. The van der Waals surface area contributed by atoms with Crippen molar-refractivity contribution in [3.8, 4) is 5.75 Å². The smallest absolute Gasteiger partial charge is 0.190 e. The number of thiazole rings is 1. The van der Waals surface area contributed by atoms with Crippen LogP contribution < -0.4 is 9.54 Å². The first-order chi connectivity index (χ1) is 11.0. The summed E-state index contributed by atoms with van der Waals surface area (Å²) in [6.45, 7) is 5.75. The lowest BCUT2D eigenvalue weighted by Gasteiger charge is -2.05. The van der Waals surface area contributed by atoms with E-state index in [4.69, 9.17) is 4.74 Å². The third-order valence-corrected chi connectivity index (χ3v) is 4.53. The van der Waals surface area contributed by atoms with Crippen LogP contribution in [-0.4, -0.2) is 28.7 Å². The standard InChI is InChI=1S/C16H19FN2O3S.ClH/c1-4-22-12-5-6-14(13(17)9-12)18-16-19(7-8-20)10(2)15(23-16)11(3)21;/h5-6,9,20H,4,7-8H2,1-3H3;1H. The molecule has 0 aliphatic carbocycles. The fraction of sp³-hybridized carbons (Fsp3) is 0.375. The van der Waals surface area contributed by atoms with Crippen LogP contribution in [0.5, 0.6) is 5.75 Å². The lowest BCUT2D eigenvalue weighted by atomic mass is 10.3. The van der Waals surface area contributed by atoms with Crippen LogP contribution in [0.25, 0.3) is 0 Å². The quantitative estimate of drug-likeness (QED) is 0.789. The number of Topliss-reactive ketones (excluding diaryl/α,β-unsaturated/α-hetero) is 1. The maximum atomic E-state index is 14.1. The van der Waals surface area contributed by atoms with Crippen molar-refractivity contribution in [3.63, 3.8) is 0 Å². The average Bonchev–Trinajstić information content (AvgIpc) is 2.80. The molecular weight excluding hydrogens is 355 g/mol. The number of hydrogen-bond acceptors (Lipinski definition) is 5. The maximum absolute atomic E-state index is 14.1. The second-order valence-corrected chi connectivity index (χ2v) is 5.87. The number of carbonyl (C=O) groups excluding carboxylic acids is 1. The predicted molar refractivity (Wildman–Crippen MR) is 94.2 cm³/mol. The van der Waals surface area contributed by atoms with Crippen molar-refractivity contribution in [2.75, 3.05) is 13.2 Å². The van der Waals surface area contributed by atoms with Crippen molar-refractivity contribution in [1.82, 2.24) is 4.57 Å². The Balaban J connectivity index is 0.00000288. The molecule has 0 bridgehead atoms. The summed E-state index contributed by atoms with van der Waals surface area (Å²) in [5, 5.41) is 9.20. The first kappa shape index (κ1) is 20.3. The van der Waals surface area contributed by atoms with E-state index in [1.165, 1.54) is 30.4 Å². The van der Waals surface area contributed by atoms with Gasteiger partial charge in [-0.1, -0.05) is 11.3 Å². The van der Waals surface area contributed by atoms with Crippen molar-refractivity contribution in [2.45, 2.75) is 27.3 Å². The molecule has 0 spiro atoms. The Hall–Kier alpha value is -1.70. The van der Waals surface area contributed by atoms with Crippen LogP contribution in [0.2, 0.25) is 0 Å². The minimum atomic E-state index is -0.498. The van der Waals surface area contributed by atoms with Crippen LogP contribution in [0.3, 0.4) is 0 Å². The van der Waals surface area contributed by atoms with E-state index < -0.39 is 5.82 Å². The van der Waals surface area contributed by atoms with Gasteiger partial charge < -0.3 is 14.4 Å². The van der Waals surface area contributed by atoms with E-state index in [-0.39, 0.29) is 30.5 Å². The Morgan fingerprint density at radius 1 is 1.46 bits per heavy atom. The molecule has 1 N–H and O–H groups in total. The number of rotatable bonds is 6. The van der Waals surface area contributed by atoms with Gasteiger partial charge in [-0.05, 0) is 26.0 Å². The van der Waals surface area contributed by atoms with Gasteiger partial charge in [0.2, 0.25) is 0 Å². The molecule has 1 heterocycles. The number of carbonyl (C=O) groups is 1. The highest BCUT2D eigenvalue weighted by Gasteiger charge is 2.13. The highest BCUT2D eigenvalue weighted by atomic mass is 35.5. The molecular formula is C16H20ClFN2O3S.